The monoisotopic (exact) mass is 280 g/mol. The number of rotatable bonds is 8. The molecule has 4 nitrogen and oxygen atoms in total. The summed E-state index contributed by atoms with van der Waals surface area (Å²) in [7, 11) is 1.64. The second kappa shape index (κ2) is 7.50. The van der Waals surface area contributed by atoms with Crippen molar-refractivity contribution in [3.8, 4) is 11.5 Å². The lowest BCUT2D eigenvalue weighted by atomic mass is 9.92. The number of hydrogen-bond acceptors (Lipinski definition) is 4. The van der Waals surface area contributed by atoms with Crippen molar-refractivity contribution in [3.63, 3.8) is 0 Å². The fourth-order valence-electron chi connectivity index (χ4n) is 2.26. The Labute approximate surface area is 122 Å². The molecule has 0 aliphatic heterocycles. The van der Waals surface area contributed by atoms with Crippen molar-refractivity contribution in [1.82, 2.24) is 4.90 Å². The topological polar surface area (TPSA) is 58.7 Å². The van der Waals surface area contributed by atoms with Crippen molar-refractivity contribution in [3.05, 3.63) is 23.8 Å². The number of benzene rings is 1. The van der Waals surface area contributed by atoms with E-state index in [9.17, 15) is 5.11 Å². The summed E-state index contributed by atoms with van der Waals surface area (Å²) >= 11 is 0. The van der Waals surface area contributed by atoms with Crippen molar-refractivity contribution < 1.29 is 9.84 Å². The van der Waals surface area contributed by atoms with Crippen LogP contribution in [0, 0.1) is 5.41 Å². The van der Waals surface area contributed by atoms with Gasteiger partial charge in [-0.2, -0.15) is 0 Å². The average Bonchev–Trinajstić information content (AvgIpc) is 2.41. The molecule has 0 atom stereocenters. The molecule has 1 rings (SSSR count). The standard InChI is InChI=1S/C16H28N2O2/c1-5-8-18(12-16(2,3)11-17)10-13-9-14(20-4)6-7-15(13)19/h6-7,9,19H,5,8,10-12,17H2,1-4H3. The van der Waals surface area contributed by atoms with Gasteiger partial charge < -0.3 is 15.6 Å². The van der Waals surface area contributed by atoms with Crippen LogP contribution in [-0.4, -0.2) is 36.8 Å². The van der Waals surface area contributed by atoms with Gasteiger partial charge in [0, 0.05) is 18.7 Å². The third kappa shape index (κ3) is 5.02. The van der Waals surface area contributed by atoms with Gasteiger partial charge in [0.15, 0.2) is 0 Å². The zero-order valence-corrected chi connectivity index (χ0v) is 13.1. The predicted molar refractivity (Wildman–Crippen MR) is 83.1 cm³/mol. The molecular formula is C16H28N2O2. The van der Waals surface area contributed by atoms with Gasteiger partial charge in [-0.1, -0.05) is 20.8 Å². The predicted octanol–water partition coefficient (Wildman–Crippen LogP) is 2.60. The number of aromatic hydroxyl groups is 1. The highest BCUT2D eigenvalue weighted by Crippen LogP contribution is 2.25. The van der Waals surface area contributed by atoms with Crippen LogP contribution in [0.1, 0.15) is 32.8 Å². The maximum atomic E-state index is 10.00. The molecule has 0 bridgehead atoms. The van der Waals surface area contributed by atoms with E-state index in [0.29, 0.717) is 18.8 Å². The van der Waals surface area contributed by atoms with Gasteiger partial charge in [-0.05, 0) is 43.1 Å². The number of phenolic OH excluding ortho intramolecular Hbond substituents is 1. The van der Waals surface area contributed by atoms with Crippen LogP contribution in [0.15, 0.2) is 18.2 Å². The van der Waals surface area contributed by atoms with Gasteiger partial charge in [-0.25, -0.2) is 0 Å². The maximum Gasteiger partial charge on any atom is 0.120 e. The van der Waals surface area contributed by atoms with Gasteiger partial charge in [-0.3, -0.25) is 4.90 Å². The molecule has 0 aromatic heterocycles. The number of nitrogens with two attached hydrogens (primary N) is 1. The number of nitrogens with zero attached hydrogens (tertiary/aromatic N) is 1. The van der Waals surface area contributed by atoms with Crippen LogP contribution in [0.25, 0.3) is 0 Å². The van der Waals surface area contributed by atoms with Crippen molar-refractivity contribution in [2.75, 3.05) is 26.7 Å². The van der Waals surface area contributed by atoms with E-state index < -0.39 is 0 Å². The first kappa shape index (κ1) is 16.8. The second-order valence-corrected chi connectivity index (χ2v) is 6.07. The van der Waals surface area contributed by atoms with E-state index in [1.807, 2.05) is 6.07 Å². The molecule has 1 aromatic carbocycles. The molecule has 0 saturated carbocycles. The molecule has 0 saturated heterocycles. The molecule has 0 unspecified atom stereocenters. The number of methoxy groups -OCH3 is 1. The van der Waals surface area contributed by atoms with Crippen molar-refractivity contribution >= 4 is 0 Å². The third-order valence-corrected chi connectivity index (χ3v) is 3.42. The fourth-order valence-corrected chi connectivity index (χ4v) is 2.26. The van der Waals surface area contributed by atoms with Crippen molar-refractivity contribution in [1.29, 1.82) is 0 Å². The average molecular weight is 280 g/mol. The molecule has 0 amide bonds. The first-order chi connectivity index (χ1) is 9.41. The summed E-state index contributed by atoms with van der Waals surface area (Å²) in [6, 6.07) is 5.35. The molecule has 1 aromatic rings. The molecule has 0 fully saturated rings. The molecule has 0 aliphatic rings. The number of hydrogen-bond donors (Lipinski definition) is 2. The van der Waals surface area contributed by atoms with Gasteiger partial charge >= 0.3 is 0 Å². The van der Waals surface area contributed by atoms with E-state index in [0.717, 1.165) is 30.8 Å². The Bertz CT molecular complexity index is 419. The molecule has 3 N–H and O–H groups in total. The Hall–Kier alpha value is -1.26. The van der Waals surface area contributed by atoms with Gasteiger partial charge in [0.05, 0.1) is 7.11 Å². The first-order valence-electron chi connectivity index (χ1n) is 7.20. The van der Waals surface area contributed by atoms with E-state index in [4.69, 9.17) is 10.5 Å². The Morgan fingerprint density at radius 2 is 2.05 bits per heavy atom. The van der Waals surface area contributed by atoms with E-state index in [-0.39, 0.29) is 5.41 Å². The molecular weight excluding hydrogens is 252 g/mol. The van der Waals surface area contributed by atoms with Gasteiger partial charge in [0.25, 0.3) is 0 Å². The summed E-state index contributed by atoms with van der Waals surface area (Å²) in [6.45, 7) is 9.75. The Balaban J connectivity index is 2.84. The fraction of sp³-hybridized carbons (Fsp3) is 0.625. The van der Waals surface area contributed by atoms with Crippen LogP contribution in [0.2, 0.25) is 0 Å². The maximum absolute atomic E-state index is 10.00. The smallest absolute Gasteiger partial charge is 0.120 e. The molecule has 0 radical (unpaired) electrons. The Kier molecular flexibility index (Phi) is 6.30. The molecule has 0 heterocycles. The zero-order chi connectivity index (χ0) is 15.2. The summed E-state index contributed by atoms with van der Waals surface area (Å²) in [5, 5.41) is 10.00. The summed E-state index contributed by atoms with van der Waals surface area (Å²) in [5.41, 5.74) is 6.79. The van der Waals surface area contributed by atoms with Crippen LogP contribution < -0.4 is 10.5 Å². The minimum Gasteiger partial charge on any atom is -0.508 e. The molecule has 4 heteroatoms. The molecule has 0 aliphatic carbocycles. The normalized spacial score (nSPS) is 11.9. The molecule has 20 heavy (non-hydrogen) atoms. The molecule has 0 spiro atoms. The SMILES string of the molecule is CCCN(Cc1cc(OC)ccc1O)CC(C)(C)CN. The lowest BCUT2D eigenvalue weighted by Gasteiger charge is -2.31. The number of ether oxygens (including phenoxy) is 1. The van der Waals surface area contributed by atoms with Gasteiger partial charge in [-0.15, -0.1) is 0 Å². The van der Waals surface area contributed by atoms with Gasteiger partial charge in [0.2, 0.25) is 0 Å². The summed E-state index contributed by atoms with van der Waals surface area (Å²) in [5.74, 6) is 1.09. The first-order valence-corrected chi connectivity index (χ1v) is 7.20. The van der Waals surface area contributed by atoms with Gasteiger partial charge in [0.1, 0.15) is 11.5 Å². The van der Waals surface area contributed by atoms with E-state index in [2.05, 4.69) is 25.7 Å². The Morgan fingerprint density at radius 1 is 1.35 bits per heavy atom. The lowest BCUT2D eigenvalue weighted by Crippen LogP contribution is -2.38. The highest BCUT2D eigenvalue weighted by atomic mass is 16.5. The highest BCUT2D eigenvalue weighted by Gasteiger charge is 2.20. The molecule has 114 valence electrons. The van der Waals surface area contributed by atoms with Crippen LogP contribution >= 0.6 is 0 Å². The highest BCUT2D eigenvalue weighted by molar-refractivity contribution is 5.39. The van der Waals surface area contributed by atoms with Crippen LogP contribution in [0.5, 0.6) is 11.5 Å². The minimum absolute atomic E-state index is 0.0731. The minimum atomic E-state index is 0.0731. The summed E-state index contributed by atoms with van der Waals surface area (Å²) < 4.78 is 5.22. The number of phenols is 1. The third-order valence-electron chi connectivity index (χ3n) is 3.42. The summed E-state index contributed by atoms with van der Waals surface area (Å²) in [4.78, 5) is 2.33. The van der Waals surface area contributed by atoms with E-state index in [1.54, 1.807) is 19.2 Å². The van der Waals surface area contributed by atoms with E-state index >= 15 is 0 Å². The van der Waals surface area contributed by atoms with Crippen LogP contribution in [0.3, 0.4) is 0 Å². The second-order valence-electron chi connectivity index (χ2n) is 6.07. The van der Waals surface area contributed by atoms with Crippen LogP contribution in [0.4, 0.5) is 0 Å². The largest absolute Gasteiger partial charge is 0.508 e. The van der Waals surface area contributed by atoms with E-state index in [1.165, 1.54) is 0 Å². The van der Waals surface area contributed by atoms with Crippen molar-refractivity contribution in [2.24, 2.45) is 11.1 Å². The Morgan fingerprint density at radius 3 is 2.60 bits per heavy atom. The quantitative estimate of drug-likeness (QED) is 0.768. The van der Waals surface area contributed by atoms with Crippen molar-refractivity contribution in [2.45, 2.75) is 33.7 Å². The van der Waals surface area contributed by atoms with Crippen LogP contribution in [-0.2, 0) is 6.54 Å². The zero-order valence-electron chi connectivity index (χ0n) is 13.1. The summed E-state index contributed by atoms with van der Waals surface area (Å²) in [6.07, 6.45) is 1.07. The lowest BCUT2D eigenvalue weighted by molar-refractivity contribution is 0.174.